The van der Waals surface area contributed by atoms with Crippen molar-refractivity contribution in [3.63, 3.8) is 0 Å². The van der Waals surface area contributed by atoms with Gasteiger partial charge in [0.1, 0.15) is 5.75 Å². The van der Waals surface area contributed by atoms with Gasteiger partial charge >= 0.3 is 5.97 Å². The van der Waals surface area contributed by atoms with Gasteiger partial charge < -0.3 is 10.1 Å². The molecule has 0 saturated heterocycles. The molecule has 4 nitrogen and oxygen atoms in total. The number of hydrogen-bond acceptors (Lipinski definition) is 3. The van der Waals surface area contributed by atoms with Crippen LogP contribution in [0, 0.1) is 0 Å². The van der Waals surface area contributed by atoms with E-state index in [-0.39, 0.29) is 11.5 Å². The molecule has 0 aliphatic carbocycles. The number of amides is 1. The Bertz CT molecular complexity index is 1020. The second kappa shape index (κ2) is 9.17. The molecule has 0 fully saturated rings. The number of nitrogens with one attached hydrogen (secondary N) is 1. The number of anilines is 1. The topological polar surface area (TPSA) is 55.4 Å². The summed E-state index contributed by atoms with van der Waals surface area (Å²) in [5, 5.41) is 2.86. The number of hydrogen-bond donors (Lipinski definition) is 1. The van der Waals surface area contributed by atoms with Gasteiger partial charge in [-0.05, 0) is 64.3 Å². The molecule has 0 aromatic heterocycles. The molecule has 3 rings (SSSR count). The maximum absolute atomic E-state index is 12.8. The minimum atomic E-state index is -0.543. The first-order chi connectivity index (χ1) is 13.5. The zero-order chi connectivity index (χ0) is 20.1. The van der Waals surface area contributed by atoms with Crippen LogP contribution in [0.15, 0.2) is 75.7 Å². The van der Waals surface area contributed by atoms with Crippen molar-refractivity contribution in [2.75, 3.05) is 5.32 Å². The average molecular weight is 503 g/mol. The molecule has 0 atom stereocenters. The molecule has 0 saturated carbocycles. The van der Waals surface area contributed by atoms with Crippen LogP contribution in [0.25, 0.3) is 0 Å². The van der Waals surface area contributed by atoms with E-state index in [9.17, 15) is 9.59 Å². The molecule has 142 valence electrons. The zero-order valence-corrected chi connectivity index (χ0v) is 18.2. The fourth-order valence-corrected chi connectivity index (χ4v) is 3.78. The van der Waals surface area contributed by atoms with E-state index in [1.807, 2.05) is 25.1 Å². The van der Waals surface area contributed by atoms with Crippen molar-refractivity contribution in [3.8, 4) is 5.75 Å². The van der Waals surface area contributed by atoms with Crippen LogP contribution >= 0.6 is 31.9 Å². The number of para-hydroxylation sites is 1. The van der Waals surface area contributed by atoms with Gasteiger partial charge in [0.2, 0.25) is 0 Å². The molecule has 3 aromatic carbocycles. The standard InChI is InChI=1S/C22H17Br2NO3/c1-2-14-11-12-18(22(27)28-17-9-4-3-5-10-17)20(19(14)24)25-21(26)15-7-6-8-16(23)13-15/h3-13H,2H2,1H3,(H,25,26). The molecule has 3 aromatic rings. The molecule has 1 amide bonds. The largest absolute Gasteiger partial charge is 0.423 e. The number of carbonyl (C=O) groups is 2. The van der Waals surface area contributed by atoms with Gasteiger partial charge in [0, 0.05) is 14.5 Å². The number of esters is 1. The van der Waals surface area contributed by atoms with Crippen molar-refractivity contribution < 1.29 is 14.3 Å². The Balaban J connectivity index is 1.96. The summed E-state index contributed by atoms with van der Waals surface area (Å²) in [7, 11) is 0. The molecule has 0 aliphatic rings. The highest BCUT2D eigenvalue weighted by atomic mass is 79.9. The molecule has 0 spiro atoms. The monoisotopic (exact) mass is 501 g/mol. The van der Waals surface area contributed by atoms with Crippen molar-refractivity contribution in [1.29, 1.82) is 0 Å². The quantitative estimate of drug-likeness (QED) is 0.331. The number of benzene rings is 3. The van der Waals surface area contributed by atoms with Gasteiger partial charge in [0.15, 0.2) is 0 Å². The molecule has 0 aliphatic heterocycles. The highest BCUT2D eigenvalue weighted by Crippen LogP contribution is 2.32. The van der Waals surface area contributed by atoms with Gasteiger partial charge in [0.25, 0.3) is 5.91 Å². The molecular formula is C22H17Br2NO3. The number of aryl methyl sites for hydroxylation is 1. The first-order valence-electron chi connectivity index (χ1n) is 8.65. The van der Waals surface area contributed by atoms with Gasteiger partial charge in [-0.15, -0.1) is 0 Å². The van der Waals surface area contributed by atoms with Gasteiger partial charge in [0.05, 0.1) is 11.3 Å². The van der Waals surface area contributed by atoms with Crippen LogP contribution in [0.2, 0.25) is 0 Å². The van der Waals surface area contributed by atoms with E-state index >= 15 is 0 Å². The second-order valence-electron chi connectivity index (χ2n) is 5.98. The second-order valence-corrected chi connectivity index (χ2v) is 7.69. The Morgan fingerprint density at radius 1 is 0.964 bits per heavy atom. The Morgan fingerprint density at radius 2 is 1.71 bits per heavy atom. The zero-order valence-electron chi connectivity index (χ0n) is 15.0. The van der Waals surface area contributed by atoms with E-state index in [0.29, 0.717) is 21.5 Å². The summed E-state index contributed by atoms with van der Waals surface area (Å²) in [5.41, 5.74) is 2.12. The first kappa shape index (κ1) is 20.3. The van der Waals surface area contributed by atoms with Crippen LogP contribution in [0.5, 0.6) is 5.75 Å². The van der Waals surface area contributed by atoms with Crippen molar-refractivity contribution in [3.05, 3.63) is 92.4 Å². The highest BCUT2D eigenvalue weighted by Gasteiger charge is 2.21. The van der Waals surface area contributed by atoms with Crippen LogP contribution in [-0.2, 0) is 6.42 Å². The molecule has 0 unspecified atom stereocenters. The van der Waals surface area contributed by atoms with Crippen LogP contribution in [0.4, 0.5) is 5.69 Å². The smallest absolute Gasteiger partial charge is 0.345 e. The Morgan fingerprint density at radius 3 is 2.39 bits per heavy atom. The molecule has 28 heavy (non-hydrogen) atoms. The summed E-state index contributed by atoms with van der Waals surface area (Å²) >= 11 is 6.89. The van der Waals surface area contributed by atoms with Crippen molar-refractivity contribution in [2.24, 2.45) is 0 Å². The lowest BCUT2D eigenvalue weighted by Crippen LogP contribution is -2.18. The van der Waals surface area contributed by atoms with Gasteiger partial charge in [-0.3, -0.25) is 4.79 Å². The maximum Gasteiger partial charge on any atom is 0.345 e. The summed E-state index contributed by atoms with van der Waals surface area (Å²) in [6, 6.07) is 19.4. The third-order valence-electron chi connectivity index (χ3n) is 4.10. The lowest BCUT2D eigenvalue weighted by molar-refractivity contribution is 0.0736. The summed E-state index contributed by atoms with van der Waals surface area (Å²) in [4.78, 5) is 25.5. The molecular weight excluding hydrogens is 486 g/mol. The maximum atomic E-state index is 12.8. The number of rotatable bonds is 5. The third-order valence-corrected chi connectivity index (χ3v) is 5.50. The Labute approximate surface area is 180 Å². The van der Waals surface area contributed by atoms with Gasteiger partial charge in [-0.1, -0.05) is 53.2 Å². The lowest BCUT2D eigenvalue weighted by Gasteiger charge is -2.15. The van der Waals surface area contributed by atoms with E-state index in [4.69, 9.17) is 4.74 Å². The first-order valence-corrected chi connectivity index (χ1v) is 10.2. The summed E-state index contributed by atoms with van der Waals surface area (Å²) in [6.45, 7) is 2.00. The third kappa shape index (κ3) is 4.69. The molecule has 0 heterocycles. The Hall–Kier alpha value is -2.44. The number of ether oxygens (including phenoxy) is 1. The Kier molecular flexibility index (Phi) is 6.65. The van der Waals surface area contributed by atoms with Crippen LogP contribution < -0.4 is 10.1 Å². The molecule has 1 N–H and O–H groups in total. The number of carbonyl (C=O) groups excluding carboxylic acids is 2. The van der Waals surface area contributed by atoms with Crippen LogP contribution in [0.3, 0.4) is 0 Å². The summed E-state index contributed by atoms with van der Waals surface area (Å²) in [5.74, 6) is -0.421. The summed E-state index contributed by atoms with van der Waals surface area (Å²) in [6.07, 6.45) is 0.744. The fourth-order valence-electron chi connectivity index (χ4n) is 2.65. The molecule has 0 radical (unpaired) electrons. The lowest BCUT2D eigenvalue weighted by atomic mass is 10.1. The normalized spacial score (nSPS) is 10.4. The van der Waals surface area contributed by atoms with E-state index in [2.05, 4.69) is 37.2 Å². The highest BCUT2D eigenvalue weighted by molar-refractivity contribution is 9.11. The summed E-state index contributed by atoms with van der Waals surface area (Å²) < 4.78 is 6.92. The van der Waals surface area contributed by atoms with Crippen molar-refractivity contribution >= 4 is 49.4 Å². The number of halogens is 2. The van der Waals surface area contributed by atoms with Crippen molar-refractivity contribution in [1.82, 2.24) is 0 Å². The van der Waals surface area contributed by atoms with Crippen LogP contribution in [-0.4, -0.2) is 11.9 Å². The van der Waals surface area contributed by atoms with E-state index in [0.717, 1.165) is 16.5 Å². The molecule has 0 bridgehead atoms. The van der Waals surface area contributed by atoms with E-state index < -0.39 is 5.97 Å². The van der Waals surface area contributed by atoms with E-state index in [1.54, 1.807) is 48.5 Å². The van der Waals surface area contributed by atoms with Crippen LogP contribution in [0.1, 0.15) is 33.2 Å². The van der Waals surface area contributed by atoms with Gasteiger partial charge in [-0.2, -0.15) is 0 Å². The predicted octanol–water partition coefficient (Wildman–Crippen LogP) is 6.25. The minimum absolute atomic E-state index is 0.274. The van der Waals surface area contributed by atoms with Gasteiger partial charge in [-0.25, -0.2) is 4.79 Å². The SMILES string of the molecule is CCc1ccc(C(=O)Oc2ccccc2)c(NC(=O)c2cccc(Br)c2)c1Br. The molecule has 6 heteroatoms. The fraction of sp³-hybridized carbons (Fsp3) is 0.0909. The average Bonchev–Trinajstić information content (AvgIpc) is 2.70. The van der Waals surface area contributed by atoms with E-state index in [1.165, 1.54) is 0 Å². The predicted molar refractivity (Wildman–Crippen MR) is 117 cm³/mol. The van der Waals surface area contributed by atoms with Crippen molar-refractivity contribution in [2.45, 2.75) is 13.3 Å². The minimum Gasteiger partial charge on any atom is -0.423 e.